The molecule has 2 nitrogen and oxygen atoms in total. The minimum absolute atomic E-state index is 0.840. The van der Waals surface area contributed by atoms with Gasteiger partial charge in [0.25, 0.3) is 0 Å². The van der Waals surface area contributed by atoms with Crippen LogP contribution in [-0.2, 0) is 9.16 Å². The Morgan fingerprint density at radius 2 is 2.40 bits per heavy atom. The summed E-state index contributed by atoms with van der Waals surface area (Å²) in [7, 11) is -0.866. The standard InChI is InChI=1S/C7H16O2Si/c1-2-8-7-10-6-4-3-5-9-10/h10H,2-7H2,1H3. The van der Waals surface area contributed by atoms with Gasteiger partial charge in [-0.1, -0.05) is 6.42 Å². The van der Waals surface area contributed by atoms with Crippen LogP contribution in [0.2, 0.25) is 6.04 Å². The average molecular weight is 160 g/mol. The first-order chi connectivity index (χ1) is 4.93. The van der Waals surface area contributed by atoms with E-state index in [1.54, 1.807) is 0 Å². The topological polar surface area (TPSA) is 18.5 Å². The third-order valence-electron chi connectivity index (χ3n) is 1.78. The van der Waals surface area contributed by atoms with Crippen molar-refractivity contribution in [2.75, 3.05) is 19.4 Å². The molecular weight excluding hydrogens is 144 g/mol. The van der Waals surface area contributed by atoms with Gasteiger partial charge in [-0.05, 0) is 19.4 Å². The van der Waals surface area contributed by atoms with Crippen LogP contribution >= 0.6 is 0 Å². The number of hydrogen-bond donors (Lipinski definition) is 0. The van der Waals surface area contributed by atoms with E-state index in [1.165, 1.54) is 18.9 Å². The molecule has 0 spiro atoms. The van der Waals surface area contributed by atoms with Gasteiger partial charge in [0, 0.05) is 13.2 Å². The zero-order valence-corrected chi connectivity index (χ0v) is 7.79. The van der Waals surface area contributed by atoms with E-state index in [4.69, 9.17) is 9.16 Å². The van der Waals surface area contributed by atoms with E-state index in [2.05, 4.69) is 0 Å². The van der Waals surface area contributed by atoms with Crippen molar-refractivity contribution in [1.29, 1.82) is 0 Å². The first-order valence-electron chi connectivity index (χ1n) is 4.13. The Kier molecular flexibility index (Phi) is 4.02. The molecule has 0 aromatic carbocycles. The Balaban J connectivity index is 2.02. The van der Waals surface area contributed by atoms with Gasteiger partial charge in [0.1, 0.15) is 0 Å². The summed E-state index contributed by atoms with van der Waals surface area (Å²) in [6.07, 6.45) is 3.55. The van der Waals surface area contributed by atoms with Crippen molar-refractivity contribution in [2.24, 2.45) is 0 Å². The average Bonchev–Trinajstić information content (AvgIpc) is 2.03. The second-order valence-electron chi connectivity index (χ2n) is 2.65. The normalized spacial score (nSPS) is 26.7. The van der Waals surface area contributed by atoms with Gasteiger partial charge < -0.3 is 9.16 Å². The molecule has 3 heteroatoms. The van der Waals surface area contributed by atoms with Crippen molar-refractivity contribution in [1.82, 2.24) is 0 Å². The van der Waals surface area contributed by atoms with Gasteiger partial charge in [0.15, 0.2) is 0 Å². The molecule has 1 unspecified atom stereocenters. The van der Waals surface area contributed by atoms with Crippen LogP contribution in [0.25, 0.3) is 0 Å². The second-order valence-corrected chi connectivity index (χ2v) is 5.14. The summed E-state index contributed by atoms with van der Waals surface area (Å²) < 4.78 is 10.9. The Labute approximate surface area is 64.3 Å². The minimum atomic E-state index is -0.866. The summed E-state index contributed by atoms with van der Waals surface area (Å²) >= 11 is 0. The first kappa shape index (κ1) is 8.24. The third-order valence-corrected chi connectivity index (χ3v) is 4.15. The van der Waals surface area contributed by atoms with E-state index in [9.17, 15) is 0 Å². The second kappa shape index (κ2) is 4.88. The SMILES string of the molecule is CCOC[SiH]1CCCCO1. The Morgan fingerprint density at radius 1 is 1.50 bits per heavy atom. The van der Waals surface area contributed by atoms with Crippen molar-refractivity contribution in [3.8, 4) is 0 Å². The fourth-order valence-corrected chi connectivity index (χ4v) is 3.36. The van der Waals surface area contributed by atoms with Crippen molar-refractivity contribution >= 4 is 9.04 Å². The highest BCUT2D eigenvalue weighted by molar-refractivity contribution is 6.51. The molecule has 0 aliphatic carbocycles. The monoisotopic (exact) mass is 160 g/mol. The predicted octanol–water partition coefficient (Wildman–Crippen LogP) is 1.10. The van der Waals surface area contributed by atoms with Crippen LogP contribution in [0.1, 0.15) is 19.8 Å². The Hall–Kier alpha value is 0.137. The van der Waals surface area contributed by atoms with E-state index in [0.29, 0.717) is 0 Å². The maximum atomic E-state index is 5.59. The highest BCUT2D eigenvalue weighted by atomic mass is 28.3. The number of ether oxygens (including phenoxy) is 1. The van der Waals surface area contributed by atoms with Crippen LogP contribution in [0, 0.1) is 0 Å². The molecule has 1 heterocycles. The lowest BCUT2D eigenvalue weighted by Crippen LogP contribution is -2.29. The lowest BCUT2D eigenvalue weighted by atomic mass is 10.4. The summed E-state index contributed by atoms with van der Waals surface area (Å²) in [6.45, 7) is 3.87. The van der Waals surface area contributed by atoms with E-state index in [0.717, 1.165) is 19.4 Å². The lowest BCUT2D eigenvalue weighted by molar-refractivity contribution is 0.165. The summed E-state index contributed by atoms with van der Waals surface area (Å²) in [5.41, 5.74) is 0. The maximum Gasteiger partial charge on any atom is 0.202 e. The molecule has 0 radical (unpaired) electrons. The van der Waals surface area contributed by atoms with E-state index in [-0.39, 0.29) is 0 Å². The first-order valence-corrected chi connectivity index (χ1v) is 6.23. The summed E-state index contributed by atoms with van der Waals surface area (Å²) in [6, 6.07) is 1.32. The Morgan fingerprint density at radius 3 is 3.00 bits per heavy atom. The molecule has 60 valence electrons. The third kappa shape index (κ3) is 2.81. The van der Waals surface area contributed by atoms with E-state index in [1.807, 2.05) is 6.92 Å². The predicted molar refractivity (Wildman–Crippen MR) is 43.6 cm³/mol. The van der Waals surface area contributed by atoms with Crippen molar-refractivity contribution in [3.63, 3.8) is 0 Å². The zero-order chi connectivity index (χ0) is 7.23. The summed E-state index contributed by atoms with van der Waals surface area (Å²) in [5.74, 6) is 0. The van der Waals surface area contributed by atoms with Gasteiger partial charge in [0.2, 0.25) is 9.04 Å². The quantitative estimate of drug-likeness (QED) is 0.576. The van der Waals surface area contributed by atoms with Crippen LogP contribution in [0.4, 0.5) is 0 Å². The zero-order valence-electron chi connectivity index (χ0n) is 6.64. The van der Waals surface area contributed by atoms with Crippen molar-refractivity contribution in [2.45, 2.75) is 25.8 Å². The smallest absolute Gasteiger partial charge is 0.202 e. The molecular formula is C7H16O2Si. The molecule has 1 fully saturated rings. The van der Waals surface area contributed by atoms with Gasteiger partial charge in [-0.15, -0.1) is 0 Å². The molecule has 0 aromatic heterocycles. The molecule has 1 aliphatic rings. The number of hydrogen-bond acceptors (Lipinski definition) is 2. The van der Waals surface area contributed by atoms with Gasteiger partial charge in [-0.3, -0.25) is 0 Å². The molecule has 1 saturated heterocycles. The van der Waals surface area contributed by atoms with E-state index >= 15 is 0 Å². The highest BCUT2D eigenvalue weighted by Crippen LogP contribution is 2.10. The minimum Gasteiger partial charge on any atom is -0.418 e. The molecule has 1 rings (SSSR count). The van der Waals surface area contributed by atoms with Gasteiger partial charge in [0.05, 0.1) is 6.23 Å². The van der Waals surface area contributed by atoms with Gasteiger partial charge >= 0.3 is 0 Å². The lowest BCUT2D eigenvalue weighted by Gasteiger charge is -2.20. The van der Waals surface area contributed by atoms with E-state index < -0.39 is 9.04 Å². The molecule has 0 bridgehead atoms. The van der Waals surface area contributed by atoms with Crippen LogP contribution in [-0.4, -0.2) is 28.5 Å². The van der Waals surface area contributed by atoms with Crippen LogP contribution in [0.5, 0.6) is 0 Å². The molecule has 1 aliphatic heterocycles. The van der Waals surface area contributed by atoms with Gasteiger partial charge in [-0.25, -0.2) is 0 Å². The highest BCUT2D eigenvalue weighted by Gasteiger charge is 2.15. The fraction of sp³-hybridized carbons (Fsp3) is 1.00. The molecule has 10 heavy (non-hydrogen) atoms. The van der Waals surface area contributed by atoms with Crippen molar-refractivity contribution < 1.29 is 9.16 Å². The molecule has 0 amide bonds. The van der Waals surface area contributed by atoms with Gasteiger partial charge in [-0.2, -0.15) is 0 Å². The Bertz CT molecular complexity index is 81.7. The molecule has 0 aromatic rings. The molecule has 1 atom stereocenters. The van der Waals surface area contributed by atoms with Crippen LogP contribution < -0.4 is 0 Å². The fourth-order valence-electron chi connectivity index (χ4n) is 1.19. The molecule has 0 N–H and O–H groups in total. The summed E-state index contributed by atoms with van der Waals surface area (Å²) in [4.78, 5) is 0. The largest absolute Gasteiger partial charge is 0.418 e. The summed E-state index contributed by atoms with van der Waals surface area (Å²) in [5, 5.41) is 0. The number of rotatable bonds is 3. The van der Waals surface area contributed by atoms with Crippen LogP contribution in [0.3, 0.4) is 0 Å². The molecule has 0 saturated carbocycles. The van der Waals surface area contributed by atoms with Crippen LogP contribution in [0.15, 0.2) is 0 Å². The maximum absolute atomic E-state index is 5.59. The van der Waals surface area contributed by atoms with Crippen molar-refractivity contribution in [3.05, 3.63) is 0 Å².